The lowest BCUT2D eigenvalue weighted by Gasteiger charge is -2.22. The first kappa shape index (κ1) is 19.3. The molecule has 6 heteroatoms. The van der Waals surface area contributed by atoms with Gasteiger partial charge in [0.15, 0.2) is 0 Å². The van der Waals surface area contributed by atoms with Crippen LogP contribution in [0.25, 0.3) is 0 Å². The number of nitrogens with zero attached hydrogens (tertiary/aromatic N) is 1. The van der Waals surface area contributed by atoms with Gasteiger partial charge in [-0.05, 0) is 44.5 Å². The summed E-state index contributed by atoms with van der Waals surface area (Å²) in [5.74, 6) is -0.528. The van der Waals surface area contributed by atoms with Gasteiger partial charge in [0.2, 0.25) is 5.91 Å². The van der Waals surface area contributed by atoms with E-state index in [1.165, 1.54) is 4.90 Å². The molecule has 0 atom stereocenters. The second kappa shape index (κ2) is 8.37. The Kier molecular flexibility index (Phi) is 6.45. The topological polar surface area (TPSA) is 49.4 Å². The average Bonchev–Trinajstić information content (AvgIpc) is 2.57. The molecule has 25 heavy (non-hydrogen) atoms. The number of aryl methyl sites for hydroxylation is 2. The van der Waals surface area contributed by atoms with Crippen molar-refractivity contribution in [3.63, 3.8) is 0 Å². The van der Waals surface area contributed by atoms with Crippen LogP contribution in [0.1, 0.15) is 28.4 Å². The molecule has 0 saturated heterocycles. The van der Waals surface area contributed by atoms with Gasteiger partial charge in [-0.3, -0.25) is 9.59 Å². The van der Waals surface area contributed by atoms with Gasteiger partial charge in [0.05, 0.1) is 15.7 Å². The predicted molar refractivity (Wildman–Crippen MR) is 103 cm³/mol. The third-order valence-corrected chi connectivity index (χ3v) is 4.48. The number of amides is 2. The maximum atomic E-state index is 12.8. The number of nitrogens with one attached hydrogen (secondary N) is 1. The summed E-state index contributed by atoms with van der Waals surface area (Å²) in [4.78, 5) is 26.6. The van der Waals surface area contributed by atoms with E-state index in [9.17, 15) is 9.59 Å². The third kappa shape index (κ3) is 4.74. The molecule has 0 aliphatic rings. The summed E-state index contributed by atoms with van der Waals surface area (Å²) in [6, 6.07) is 10.7. The van der Waals surface area contributed by atoms with Gasteiger partial charge in [-0.15, -0.1) is 0 Å². The second-order valence-electron chi connectivity index (χ2n) is 5.78. The molecule has 0 spiro atoms. The van der Waals surface area contributed by atoms with Crippen LogP contribution in [0, 0.1) is 13.8 Å². The first-order valence-electron chi connectivity index (χ1n) is 7.93. The molecule has 0 fully saturated rings. The Morgan fingerprint density at radius 3 is 2.32 bits per heavy atom. The molecule has 2 rings (SSSR count). The standard InChI is InChI=1S/C19H20Cl2N2O2/c1-4-23(19(25)14-10-12(2)8-9-13(14)3)11-17(24)22-18-15(20)6-5-7-16(18)21/h5-10H,4,11H2,1-3H3,(H,22,24). The molecule has 0 radical (unpaired) electrons. The van der Waals surface area contributed by atoms with Gasteiger partial charge in [0.1, 0.15) is 6.54 Å². The highest BCUT2D eigenvalue weighted by Crippen LogP contribution is 2.29. The van der Waals surface area contributed by atoms with E-state index >= 15 is 0 Å². The minimum absolute atomic E-state index is 0.0791. The fraction of sp³-hybridized carbons (Fsp3) is 0.263. The molecule has 0 aromatic heterocycles. The Balaban J connectivity index is 2.14. The number of rotatable bonds is 5. The molecule has 4 nitrogen and oxygen atoms in total. The average molecular weight is 379 g/mol. The van der Waals surface area contributed by atoms with E-state index in [1.54, 1.807) is 18.2 Å². The number of hydrogen-bond donors (Lipinski definition) is 1. The molecule has 0 saturated carbocycles. The number of benzene rings is 2. The van der Waals surface area contributed by atoms with Gasteiger partial charge in [-0.2, -0.15) is 0 Å². The summed E-state index contributed by atoms with van der Waals surface area (Å²) in [6.45, 7) is 5.97. The van der Waals surface area contributed by atoms with Crippen molar-refractivity contribution in [3.8, 4) is 0 Å². The van der Waals surface area contributed by atoms with Crippen LogP contribution in [0.2, 0.25) is 10.0 Å². The number of anilines is 1. The van der Waals surface area contributed by atoms with Crippen LogP contribution in [0.5, 0.6) is 0 Å². The summed E-state index contributed by atoms with van der Waals surface area (Å²) in [6.07, 6.45) is 0. The molecule has 0 unspecified atom stereocenters. The highest BCUT2D eigenvalue weighted by molar-refractivity contribution is 6.39. The van der Waals surface area contributed by atoms with Crippen molar-refractivity contribution in [3.05, 3.63) is 63.1 Å². The van der Waals surface area contributed by atoms with Crippen molar-refractivity contribution in [2.24, 2.45) is 0 Å². The summed E-state index contributed by atoms with van der Waals surface area (Å²) < 4.78 is 0. The van der Waals surface area contributed by atoms with E-state index in [2.05, 4.69) is 5.32 Å². The largest absolute Gasteiger partial charge is 0.330 e. The number of carbonyl (C=O) groups is 2. The molecule has 0 bridgehead atoms. The van der Waals surface area contributed by atoms with Crippen LogP contribution in [0.15, 0.2) is 36.4 Å². The summed E-state index contributed by atoms with van der Waals surface area (Å²) >= 11 is 12.1. The van der Waals surface area contributed by atoms with Crippen LogP contribution < -0.4 is 5.32 Å². The third-order valence-electron chi connectivity index (χ3n) is 3.85. The van der Waals surface area contributed by atoms with Crippen molar-refractivity contribution < 1.29 is 9.59 Å². The monoisotopic (exact) mass is 378 g/mol. The molecule has 0 heterocycles. The van der Waals surface area contributed by atoms with Crippen molar-refractivity contribution >= 4 is 40.7 Å². The van der Waals surface area contributed by atoms with E-state index in [1.807, 2.05) is 39.0 Å². The number of hydrogen-bond acceptors (Lipinski definition) is 2. The number of carbonyl (C=O) groups excluding carboxylic acids is 2. The predicted octanol–water partition coefficient (Wildman–Crippen LogP) is 4.71. The number of likely N-dealkylation sites (N-methyl/N-ethyl adjacent to an activating group) is 1. The molecule has 132 valence electrons. The zero-order valence-corrected chi connectivity index (χ0v) is 15.9. The van der Waals surface area contributed by atoms with E-state index in [-0.39, 0.29) is 18.4 Å². The Morgan fingerprint density at radius 2 is 1.72 bits per heavy atom. The van der Waals surface area contributed by atoms with Gasteiger partial charge < -0.3 is 10.2 Å². The minimum Gasteiger partial charge on any atom is -0.330 e. The summed E-state index contributed by atoms with van der Waals surface area (Å²) in [5.41, 5.74) is 2.83. The fourth-order valence-electron chi connectivity index (χ4n) is 2.43. The zero-order chi connectivity index (χ0) is 18.6. The summed E-state index contributed by atoms with van der Waals surface area (Å²) in [5, 5.41) is 3.38. The Hall–Kier alpha value is -2.04. The van der Waals surface area contributed by atoms with Crippen LogP contribution in [0.4, 0.5) is 5.69 Å². The second-order valence-corrected chi connectivity index (χ2v) is 6.60. The Bertz CT molecular complexity index is 786. The normalized spacial score (nSPS) is 10.4. The number of halogens is 2. The lowest BCUT2D eigenvalue weighted by Crippen LogP contribution is -2.38. The van der Waals surface area contributed by atoms with E-state index < -0.39 is 0 Å². The lowest BCUT2D eigenvalue weighted by molar-refractivity contribution is -0.116. The smallest absolute Gasteiger partial charge is 0.254 e. The van der Waals surface area contributed by atoms with Crippen LogP contribution in [-0.4, -0.2) is 29.8 Å². The zero-order valence-electron chi connectivity index (χ0n) is 14.4. The van der Waals surface area contributed by atoms with Gasteiger partial charge in [-0.25, -0.2) is 0 Å². The molecule has 2 aromatic rings. The van der Waals surface area contributed by atoms with E-state index in [0.717, 1.165) is 11.1 Å². The summed E-state index contributed by atoms with van der Waals surface area (Å²) in [7, 11) is 0. The maximum Gasteiger partial charge on any atom is 0.254 e. The van der Waals surface area contributed by atoms with Crippen LogP contribution in [-0.2, 0) is 4.79 Å². The van der Waals surface area contributed by atoms with Gasteiger partial charge in [-0.1, -0.05) is 47.0 Å². The number of para-hydroxylation sites is 1. The highest BCUT2D eigenvalue weighted by atomic mass is 35.5. The van der Waals surface area contributed by atoms with Gasteiger partial charge in [0.25, 0.3) is 5.91 Å². The van der Waals surface area contributed by atoms with Crippen LogP contribution >= 0.6 is 23.2 Å². The molecule has 0 aliphatic heterocycles. The first-order valence-corrected chi connectivity index (χ1v) is 8.69. The van der Waals surface area contributed by atoms with Crippen molar-refractivity contribution in [2.45, 2.75) is 20.8 Å². The highest BCUT2D eigenvalue weighted by Gasteiger charge is 2.20. The maximum absolute atomic E-state index is 12.8. The molecule has 2 aromatic carbocycles. The van der Waals surface area contributed by atoms with Crippen molar-refractivity contribution in [1.29, 1.82) is 0 Å². The molecular weight excluding hydrogens is 359 g/mol. The molecule has 1 N–H and O–H groups in total. The SMILES string of the molecule is CCN(CC(=O)Nc1c(Cl)cccc1Cl)C(=O)c1cc(C)ccc1C. The molecule has 2 amide bonds. The van der Waals surface area contributed by atoms with E-state index in [4.69, 9.17) is 23.2 Å². The van der Waals surface area contributed by atoms with E-state index in [0.29, 0.717) is 27.8 Å². The van der Waals surface area contributed by atoms with Gasteiger partial charge in [0, 0.05) is 12.1 Å². The Morgan fingerprint density at radius 1 is 1.08 bits per heavy atom. The molecular formula is C19H20Cl2N2O2. The minimum atomic E-state index is -0.351. The van der Waals surface area contributed by atoms with Crippen molar-refractivity contribution in [2.75, 3.05) is 18.4 Å². The first-order chi connectivity index (χ1) is 11.8. The Labute approximate surface area is 157 Å². The quantitative estimate of drug-likeness (QED) is 0.818. The van der Waals surface area contributed by atoms with Crippen LogP contribution in [0.3, 0.4) is 0 Å². The van der Waals surface area contributed by atoms with Crippen molar-refractivity contribution in [1.82, 2.24) is 4.90 Å². The fourth-order valence-corrected chi connectivity index (χ4v) is 2.93. The van der Waals surface area contributed by atoms with Gasteiger partial charge >= 0.3 is 0 Å². The molecule has 0 aliphatic carbocycles. The lowest BCUT2D eigenvalue weighted by atomic mass is 10.0.